The van der Waals surface area contributed by atoms with Gasteiger partial charge < -0.3 is 20.3 Å². The number of aromatic nitrogens is 1. The maximum atomic E-state index is 15.2. The van der Waals surface area contributed by atoms with Crippen LogP contribution in [0, 0.1) is 18.7 Å². The summed E-state index contributed by atoms with van der Waals surface area (Å²) in [4.78, 5) is 26.2. The van der Waals surface area contributed by atoms with Crippen LogP contribution in [0.2, 0.25) is 0 Å². The van der Waals surface area contributed by atoms with Crippen LogP contribution in [0.5, 0.6) is 0 Å². The summed E-state index contributed by atoms with van der Waals surface area (Å²) in [7, 11) is 0. The van der Waals surface area contributed by atoms with Crippen LogP contribution in [0.4, 0.5) is 10.1 Å². The lowest BCUT2D eigenvalue weighted by Crippen LogP contribution is -2.30. The summed E-state index contributed by atoms with van der Waals surface area (Å²) >= 11 is 0. The highest BCUT2D eigenvalue weighted by Crippen LogP contribution is 2.39. The van der Waals surface area contributed by atoms with Crippen molar-refractivity contribution in [2.75, 3.05) is 18.0 Å². The van der Waals surface area contributed by atoms with Crippen molar-refractivity contribution in [2.45, 2.75) is 45.2 Å². The first-order chi connectivity index (χ1) is 12.8. The Labute approximate surface area is 156 Å². The molecule has 4 rings (SSSR count). The number of rotatable bonds is 4. The lowest BCUT2D eigenvalue weighted by Gasteiger charge is -2.23. The summed E-state index contributed by atoms with van der Waals surface area (Å²) < 4.78 is 17.0. The van der Waals surface area contributed by atoms with Gasteiger partial charge in [0.05, 0.1) is 16.6 Å². The molecular weight excluding hydrogens is 349 g/mol. The second-order valence-electron chi connectivity index (χ2n) is 7.90. The first-order valence-electron chi connectivity index (χ1n) is 9.41. The maximum absolute atomic E-state index is 15.2. The van der Waals surface area contributed by atoms with Gasteiger partial charge in [0.25, 0.3) is 0 Å². The van der Waals surface area contributed by atoms with Gasteiger partial charge >= 0.3 is 5.97 Å². The zero-order chi connectivity index (χ0) is 19.5. The number of carboxylic acid groups (broad SMARTS) is 1. The molecule has 1 saturated carbocycles. The van der Waals surface area contributed by atoms with Crippen molar-refractivity contribution in [3.05, 3.63) is 39.4 Å². The molecule has 1 aliphatic heterocycles. The number of pyridine rings is 1. The molecule has 2 aromatic rings. The zero-order valence-electron chi connectivity index (χ0n) is 15.5. The minimum atomic E-state index is -1.28. The van der Waals surface area contributed by atoms with E-state index in [2.05, 4.69) is 0 Å². The van der Waals surface area contributed by atoms with Crippen molar-refractivity contribution in [1.82, 2.24) is 4.57 Å². The maximum Gasteiger partial charge on any atom is 0.341 e. The van der Waals surface area contributed by atoms with E-state index in [0.29, 0.717) is 23.7 Å². The molecule has 27 heavy (non-hydrogen) atoms. The van der Waals surface area contributed by atoms with Crippen molar-refractivity contribution < 1.29 is 14.3 Å². The van der Waals surface area contributed by atoms with Crippen molar-refractivity contribution in [1.29, 1.82) is 0 Å². The first kappa shape index (κ1) is 18.0. The number of aryl methyl sites for hydroxylation is 1. The molecule has 2 fully saturated rings. The summed E-state index contributed by atoms with van der Waals surface area (Å²) in [5.74, 6) is -1.42. The second kappa shape index (κ2) is 6.34. The molecule has 1 aliphatic carbocycles. The molecule has 0 spiro atoms. The van der Waals surface area contributed by atoms with E-state index in [0.717, 1.165) is 25.8 Å². The number of halogens is 1. The highest BCUT2D eigenvalue weighted by Gasteiger charge is 2.31. The van der Waals surface area contributed by atoms with Crippen LogP contribution in [0.25, 0.3) is 10.9 Å². The minimum absolute atomic E-state index is 0.0439. The fourth-order valence-corrected chi connectivity index (χ4v) is 4.12. The van der Waals surface area contributed by atoms with E-state index in [1.807, 2.05) is 16.4 Å². The fourth-order valence-electron chi connectivity index (χ4n) is 4.12. The number of fused-ring (bicyclic) bond motifs is 1. The second-order valence-corrected chi connectivity index (χ2v) is 7.90. The monoisotopic (exact) mass is 373 g/mol. The third-order valence-corrected chi connectivity index (χ3v) is 5.96. The molecule has 1 aromatic carbocycles. The summed E-state index contributed by atoms with van der Waals surface area (Å²) in [6, 6.07) is 1.92. The fraction of sp³-hybridized carbons (Fsp3) is 0.500. The van der Waals surface area contributed by atoms with Crippen LogP contribution >= 0.6 is 0 Å². The van der Waals surface area contributed by atoms with E-state index in [1.54, 1.807) is 13.0 Å². The molecule has 2 aliphatic rings. The van der Waals surface area contributed by atoms with Gasteiger partial charge in [0, 0.05) is 36.9 Å². The highest BCUT2D eigenvalue weighted by molar-refractivity contribution is 5.95. The number of nitrogens with zero attached hydrogens (tertiary/aromatic N) is 2. The number of carbonyl (C=O) groups is 1. The third kappa shape index (κ3) is 2.90. The molecule has 0 bridgehead atoms. The molecule has 0 radical (unpaired) electrons. The Morgan fingerprint density at radius 3 is 2.63 bits per heavy atom. The van der Waals surface area contributed by atoms with E-state index < -0.39 is 17.2 Å². The largest absolute Gasteiger partial charge is 0.477 e. The van der Waals surface area contributed by atoms with Crippen LogP contribution in [-0.4, -0.2) is 34.8 Å². The van der Waals surface area contributed by atoms with E-state index in [9.17, 15) is 14.7 Å². The number of anilines is 1. The smallest absolute Gasteiger partial charge is 0.341 e. The topological polar surface area (TPSA) is 88.6 Å². The Kier molecular flexibility index (Phi) is 4.22. The van der Waals surface area contributed by atoms with E-state index in [-0.39, 0.29) is 28.6 Å². The molecule has 7 heteroatoms. The zero-order valence-corrected chi connectivity index (χ0v) is 15.5. The number of nitrogens with two attached hydrogens (primary N) is 1. The van der Waals surface area contributed by atoms with Crippen LogP contribution < -0.4 is 16.1 Å². The standard InChI is InChI=1S/C20H24FN3O3/c1-10-17-15(24(13-3-4-13)9-14(19(17)25)20(26)27)7-16(18(10)21)23-6-5-12(8-23)11(2)22/h7,9,11-13H,3-6,8,22H2,1-2H3,(H,26,27)/t11-,12+/m0/s1. The van der Waals surface area contributed by atoms with Gasteiger partial charge in [-0.1, -0.05) is 0 Å². The number of aromatic carboxylic acids is 1. The van der Waals surface area contributed by atoms with Crippen LogP contribution in [0.15, 0.2) is 17.1 Å². The normalized spacial score (nSPS) is 21.0. The average Bonchev–Trinajstić information content (AvgIpc) is 3.33. The number of carboxylic acids is 1. The predicted molar refractivity (Wildman–Crippen MR) is 102 cm³/mol. The van der Waals surface area contributed by atoms with Gasteiger partial charge in [0.1, 0.15) is 11.4 Å². The van der Waals surface area contributed by atoms with Crippen LogP contribution in [-0.2, 0) is 0 Å². The van der Waals surface area contributed by atoms with E-state index >= 15 is 4.39 Å². The molecule has 0 amide bonds. The number of hydrogen-bond acceptors (Lipinski definition) is 4. The van der Waals surface area contributed by atoms with E-state index in [4.69, 9.17) is 5.73 Å². The summed E-state index contributed by atoms with van der Waals surface area (Å²) in [6.07, 6.45) is 4.18. The van der Waals surface area contributed by atoms with Gasteiger partial charge in [0.2, 0.25) is 5.43 Å². The van der Waals surface area contributed by atoms with Crippen molar-refractivity contribution >= 4 is 22.6 Å². The summed E-state index contributed by atoms with van der Waals surface area (Å²) in [5.41, 5.74) is 6.40. The molecule has 1 saturated heterocycles. The Bertz CT molecular complexity index is 994. The molecule has 2 heterocycles. The highest BCUT2D eigenvalue weighted by atomic mass is 19.1. The molecule has 144 valence electrons. The Morgan fingerprint density at radius 1 is 1.37 bits per heavy atom. The third-order valence-electron chi connectivity index (χ3n) is 5.96. The Hall–Kier alpha value is -2.41. The molecule has 1 aromatic heterocycles. The molecule has 2 atom stereocenters. The SMILES string of the molecule is Cc1c(F)c(N2CC[C@@H]([C@H](C)N)C2)cc2c1c(=O)c(C(=O)O)cn2C1CC1. The van der Waals surface area contributed by atoms with Gasteiger partial charge in [-0.25, -0.2) is 9.18 Å². The Morgan fingerprint density at radius 2 is 2.07 bits per heavy atom. The molecule has 6 nitrogen and oxygen atoms in total. The first-order valence-corrected chi connectivity index (χ1v) is 9.41. The average molecular weight is 373 g/mol. The van der Waals surface area contributed by atoms with Gasteiger partial charge in [0.15, 0.2) is 0 Å². The Balaban J connectivity index is 1.93. The van der Waals surface area contributed by atoms with Gasteiger partial charge in [-0.2, -0.15) is 0 Å². The van der Waals surface area contributed by atoms with Gasteiger partial charge in [-0.05, 0) is 45.1 Å². The van der Waals surface area contributed by atoms with Crippen molar-refractivity contribution in [3.8, 4) is 0 Å². The van der Waals surface area contributed by atoms with Crippen molar-refractivity contribution in [3.63, 3.8) is 0 Å². The summed E-state index contributed by atoms with van der Waals surface area (Å²) in [6.45, 7) is 4.92. The summed E-state index contributed by atoms with van der Waals surface area (Å²) in [5, 5.41) is 9.57. The van der Waals surface area contributed by atoms with Crippen LogP contribution in [0.3, 0.4) is 0 Å². The van der Waals surface area contributed by atoms with Crippen molar-refractivity contribution in [2.24, 2.45) is 11.7 Å². The van der Waals surface area contributed by atoms with Gasteiger partial charge in [-0.3, -0.25) is 4.79 Å². The molecular formula is C20H24FN3O3. The molecule has 3 N–H and O–H groups in total. The molecule has 0 unspecified atom stereocenters. The van der Waals surface area contributed by atoms with Crippen LogP contribution in [0.1, 0.15) is 48.1 Å². The minimum Gasteiger partial charge on any atom is -0.477 e. The number of benzene rings is 1. The number of hydrogen-bond donors (Lipinski definition) is 2. The lowest BCUT2D eigenvalue weighted by molar-refractivity contribution is 0.0695. The quantitative estimate of drug-likeness (QED) is 0.860. The lowest BCUT2D eigenvalue weighted by atomic mass is 10.0. The van der Waals surface area contributed by atoms with E-state index in [1.165, 1.54) is 6.20 Å². The van der Waals surface area contributed by atoms with Gasteiger partial charge in [-0.15, -0.1) is 0 Å². The predicted octanol–water partition coefficient (Wildman–Crippen LogP) is 2.66.